The van der Waals surface area contributed by atoms with Crippen LogP contribution in [0.15, 0.2) is 36.5 Å². The molecule has 2 unspecified atom stereocenters. The van der Waals surface area contributed by atoms with Crippen LogP contribution in [0.5, 0.6) is 0 Å². The zero-order chi connectivity index (χ0) is 21.6. The summed E-state index contributed by atoms with van der Waals surface area (Å²) >= 11 is 0. The number of nitrogens with zero attached hydrogens (tertiary/aromatic N) is 5. The van der Waals surface area contributed by atoms with Crippen molar-refractivity contribution in [1.82, 2.24) is 24.9 Å². The van der Waals surface area contributed by atoms with E-state index in [1.54, 1.807) is 0 Å². The lowest BCUT2D eigenvalue weighted by molar-refractivity contribution is -0.141. The molecule has 2 N–H and O–H groups in total. The Hall–Kier alpha value is -3.41. The molecule has 0 bridgehead atoms. The minimum atomic E-state index is -4.61. The summed E-state index contributed by atoms with van der Waals surface area (Å²) < 4.78 is 58.0. The first-order valence-corrected chi connectivity index (χ1v) is 9.40. The summed E-state index contributed by atoms with van der Waals surface area (Å²) in [5, 5.41) is 6.02. The second-order valence-corrected chi connectivity index (χ2v) is 7.24. The molecule has 5 rings (SSSR count). The molecule has 4 heterocycles. The van der Waals surface area contributed by atoms with E-state index >= 15 is 0 Å². The van der Waals surface area contributed by atoms with Crippen molar-refractivity contribution in [2.75, 3.05) is 23.8 Å². The van der Waals surface area contributed by atoms with E-state index in [-0.39, 0.29) is 29.5 Å². The Kier molecular flexibility index (Phi) is 4.65. The fourth-order valence-electron chi connectivity index (χ4n) is 3.54. The van der Waals surface area contributed by atoms with Gasteiger partial charge in [-0.2, -0.15) is 32.5 Å². The highest BCUT2D eigenvalue weighted by Crippen LogP contribution is 2.45. The highest BCUT2D eigenvalue weighted by molar-refractivity contribution is 5.59. The van der Waals surface area contributed by atoms with Gasteiger partial charge in [-0.3, -0.25) is 0 Å². The average Bonchev–Trinajstić information content (AvgIpc) is 3.14. The first kappa shape index (κ1) is 19.5. The number of nitrogens with one attached hydrogen (secondary N) is 2. The van der Waals surface area contributed by atoms with Gasteiger partial charge in [0.15, 0.2) is 5.82 Å². The predicted octanol–water partition coefficient (Wildman–Crippen LogP) is 3.29. The standard InChI is InChI=1S/C19H15F4N7O/c20-14-6-9(4-5-24-14)25-17-28-16(12-2-1-3-13(26-12)19(21,22)23)29-18(30-17)27-15-10-7-31-8-11(10)15/h1-6,10-11,15H,7-8H2,(H2,24,25,27,28,29,30). The van der Waals surface area contributed by atoms with Crippen LogP contribution in [0.2, 0.25) is 0 Å². The smallest absolute Gasteiger partial charge is 0.381 e. The van der Waals surface area contributed by atoms with Crippen molar-refractivity contribution in [2.24, 2.45) is 11.8 Å². The third-order valence-corrected chi connectivity index (χ3v) is 5.13. The monoisotopic (exact) mass is 433 g/mol. The molecular formula is C19H15F4N7O. The quantitative estimate of drug-likeness (QED) is 0.467. The van der Waals surface area contributed by atoms with Gasteiger partial charge in [0.25, 0.3) is 0 Å². The Morgan fingerprint density at radius 2 is 1.74 bits per heavy atom. The average molecular weight is 433 g/mol. The van der Waals surface area contributed by atoms with E-state index in [4.69, 9.17) is 4.74 Å². The zero-order valence-electron chi connectivity index (χ0n) is 15.8. The highest BCUT2D eigenvalue weighted by Gasteiger charge is 2.54. The van der Waals surface area contributed by atoms with Gasteiger partial charge in [0.1, 0.15) is 11.4 Å². The van der Waals surface area contributed by atoms with Crippen LogP contribution >= 0.6 is 0 Å². The van der Waals surface area contributed by atoms with Gasteiger partial charge in [0.2, 0.25) is 17.8 Å². The molecule has 1 saturated carbocycles. The van der Waals surface area contributed by atoms with E-state index < -0.39 is 17.8 Å². The van der Waals surface area contributed by atoms with E-state index in [0.717, 1.165) is 12.1 Å². The van der Waals surface area contributed by atoms with E-state index in [9.17, 15) is 17.6 Å². The van der Waals surface area contributed by atoms with Crippen molar-refractivity contribution in [1.29, 1.82) is 0 Å². The molecule has 2 atom stereocenters. The van der Waals surface area contributed by atoms with Gasteiger partial charge in [-0.15, -0.1) is 0 Å². The minimum Gasteiger partial charge on any atom is -0.381 e. The van der Waals surface area contributed by atoms with Crippen LogP contribution in [0.1, 0.15) is 5.69 Å². The molecule has 1 saturated heterocycles. The fraction of sp³-hybridized carbons (Fsp3) is 0.316. The second-order valence-electron chi connectivity index (χ2n) is 7.24. The Labute approximate surface area is 173 Å². The summed E-state index contributed by atoms with van der Waals surface area (Å²) in [5.41, 5.74) is -0.799. The molecule has 2 aliphatic rings. The summed E-state index contributed by atoms with van der Waals surface area (Å²) in [7, 11) is 0. The van der Waals surface area contributed by atoms with Gasteiger partial charge in [0, 0.05) is 35.8 Å². The third-order valence-electron chi connectivity index (χ3n) is 5.13. The SMILES string of the molecule is Fc1cc(Nc2nc(NC3C4COCC43)nc(-c3cccc(C(F)(F)F)n3)n2)ccn1. The normalized spacial score (nSPS) is 22.1. The third kappa shape index (κ3) is 4.10. The van der Waals surface area contributed by atoms with E-state index in [1.165, 1.54) is 24.4 Å². The first-order chi connectivity index (χ1) is 14.9. The lowest BCUT2D eigenvalue weighted by Gasteiger charge is -2.12. The van der Waals surface area contributed by atoms with Crippen molar-refractivity contribution in [3.05, 3.63) is 48.2 Å². The summed E-state index contributed by atoms with van der Waals surface area (Å²) in [6, 6.07) is 6.24. The molecule has 3 aromatic heterocycles. The Balaban J connectivity index is 1.49. The van der Waals surface area contributed by atoms with Gasteiger partial charge in [-0.1, -0.05) is 6.07 Å². The molecule has 0 amide bonds. The lowest BCUT2D eigenvalue weighted by Crippen LogP contribution is -2.16. The summed E-state index contributed by atoms with van der Waals surface area (Å²) in [6.45, 7) is 1.27. The van der Waals surface area contributed by atoms with Crippen LogP contribution in [0.3, 0.4) is 0 Å². The lowest BCUT2D eigenvalue weighted by atomic mass is 10.3. The molecule has 0 radical (unpaired) electrons. The van der Waals surface area contributed by atoms with Crippen LogP contribution in [-0.2, 0) is 10.9 Å². The zero-order valence-corrected chi connectivity index (χ0v) is 15.8. The molecule has 2 fully saturated rings. The number of fused-ring (bicyclic) bond motifs is 1. The van der Waals surface area contributed by atoms with Crippen LogP contribution in [0, 0.1) is 17.8 Å². The maximum Gasteiger partial charge on any atom is 0.433 e. The van der Waals surface area contributed by atoms with Crippen LogP contribution < -0.4 is 10.6 Å². The van der Waals surface area contributed by atoms with E-state index in [0.29, 0.717) is 30.7 Å². The number of anilines is 3. The molecule has 12 heteroatoms. The number of pyridine rings is 2. The maximum atomic E-state index is 13.4. The van der Waals surface area contributed by atoms with E-state index in [2.05, 4.69) is 35.6 Å². The van der Waals surface area contributed by atoms with Crippen molar-refractivity contribution in [3.63, 3.8) is 0 Å². The van der Waals surface area contributed by atoms with Gasteiger partial charge in [-0.05, 0) is 18.2 Å². The maximum absolute atomic E-state index is 13.4. The topological polar surface area (TPSA) is 97.7 Å². The number of ether oxygens (including phenoxy) is 1. The summed E-state index contributed by atoms with van der Waals surface area (Å²) in [4.78, 5) is 19.9. The molecule has 1 aliphatic heterocycles. The van der Waals surface area contributed by atoms with Crippen molar-refractivity contribution < 1.29 is 22.3 Å². The Bertz CT molecular complexity index is 1120. The molecule has 0 spiro atoms. The molecule has 8 nitrogen and oxygen atoms in total. The number of halogens is 4. The van der Waals surface area contributed by atoms with Crippen LogP contribution in [-0.4, -0.2) is 44.2 Å². The van der Waals surface area contributed by atoms with Crippen molar-refractivity contribution >= 4 is 17.6 Å². The molecule has 1 aliphatic carbocycles. The van der Waals surface area contributed by atoms with E-state index in [1.807, 2.05) is 0 Å². The molecule has 31 heavy (non-hydrogen) atoms. The number of hydrogen-bond donors (Lipinski definition) is 2. The number of hydrogen-bond acceptors (Lipinski definition) is 8. The number of aromatic nitrogens is 5. The molecule has 0 aromatic carbocycles. The highest BCUT2D eigenvalue weighted by atomic mass is 19.4. The van der Waals surface area contributed by atoms with Crippen molar-refractivity contribution in [3.8, 4) is 11.5 Å². The molecule has 3 aromatic rings. The van der Waals surface area contributed by atoms with Crippen molar-refractivity contribution in [2.45, 2.75) is 12.2 Å². The van der Waals surface area contributed by atoms with Crippen LogP contribution in [0.4, 0.5) is 35.1 Å². The largest absolute Gasteiger partial charge is 0.433 e. The van der Waals surface area contributed by atoms with Gasteiger partial charge >= 0.3 is 6.18 Å². The predicted molar refractivity (Wildman–Crippen MR) is 101 cm³/mol. The van der Waals surface area contributed by atoms with Gasteiger partial charge in [0.05, 0.1) is 13.2 Å². The minimum absolute atomic E-state index is 0.0272. The molecule has 160 valence electrons. The fourth-order valence-corrected chi connectivity index (χ4v) is 3.54. The summed E-state index contributed by atoms with van der Waals surface area (Å²) in [6.07, 6.45) is -3.34. The Morgan fingerprint density at radius 3 is 2.48 bits per heavy atom. The number of rotatable bonds is 5. The van der Waals surface area contributed by atoms with Gasteiger partial charge < -0.3 is 15.4 Å². The second kappa shape index (κ2) is 7.38. The first-order valence-electron chi connectivity index (χ1n) is 9.40. The Morgan fingerprint density at radius 1 is 0.968 bits per heavy atom. The molecular weight excluding hydrogens is 418 g/mol. The van der Waals surface area contributed by atoms with Gasteiger partial charge in [-0.25, -0.2) is 9.97 Å². The summed E-state index contributed by atoms with van der Waals surface area (Å²) in [5.74, 6) is 0.140. The van der Waals surface area contributed by atoms with Crippen LogP contribution in [0.25, 0.3) is 11.5 Å². The number of alkyl halides is 3.